The number of ether oxygens (including phenoxy) is 2. The summed E-state index contributed by atoms with van der Waals surface area (Å²) >= 11 is 0. The molecule has 9 heteroatoms. The molecule has 2 aromatic rings. The first-order valence-electron chi connectivity index (χ1n) is 16.9. The normalized spacial score (nSPS) is 15.2. The lowest BCUT2D eigenvalue weighted by Gasteiger charge is -2.39. The van der Waals surface area contributed by atoms with E-state index in [2.05, 4.69) is 102 Å². The summed E-state index contributed by atoms with van der Waals surface area (Å²) in [6.45, 7) is 21.9. The lowest BCUT2D eigenvalue weighted by Crippen LogP contribution is -2.53. The fourth-order valence-corrected chi connectivity index (χ4v) is 21.8. The van der Waals surface area contributed by atoms with Crippen molar-refractivity contribution >= 4 is 37.1 Å². The Balaban J connectivity index is 1.81. The van der Waals surface area contributed by atoms with Gasteiger partial charge in [-0.15, -0.1) is 0 Å². The third-order valence-corrected chi connectivity index (χ3v) is 19.9. The second-order valence-corrected chi connectivity index (χ2v) is 26.6. The summed E-state index contributed by atoms with van der Waals surface area (Å²) in [6, 6.07) is 22.2. The highest BCUT2D eigenvalue weighted by Gasteiger charge is 2.42. The Labute approximate surface area is 277 Å². The average molecular weight is 673 g/mol. The van der Waals surface area contributed by atoms with Gasteiger partial charge in [0, 0.05) is 0 Å². The van der Waals surface area contributed by atoms with Gasteiger partial charge in [0.05, 0.1) is 25.0 Å². The standard InChI is InChI=1S/C36H60O6Si3/c1-11-31(33-19-15-13-16-20-33)23-25-39-35(37)29(3)27-43(5,6)41-45(9,10)42-44(7,8)28-30(4)36(38)40-26-24-32(12-2)34-21-17-14-18-22-34/h13-22,29-32H,11-12,23-28H2,1-10H3. The number of esters is 2. The van der Waals surface area contributed by atoms with Crippen LogP contribution in [0.15, 0.2) is 60.7 Å². The molecule has 0 saturated heterocycles. The van der Waals surface area contributed by atoms with Crippen molar-refractivity contribution in [3.05, 3.63) is 71.8 Å². The van der Waals surface area contributed by atoms with Gasteiger partial charge in [-0.3, -0.25) is 9.59 Å². The molecule has 0 aliphatic rings. The highest BCUT2D eigenvalue weighted by Crippen LogP contribution is 2.30. The first-order chi connectivity index (χ1) is 21.1. The maximum absolute atomic E-state index is 12.9. The van der Waals surface area contributed by atoms with Crippen LogP contribution in [-0.4, -0.2) is 50.3 Å². The van der Waals surface area contributed by atoms with Gasteiger partial charge in [-0.2, -0.15) is 0 Å². The molecule has 0 spiro atoms. The van der Waals surface area contributed by atoms with E-state index in [9.17, 15) is 9.59 Å². The van der Waals surface area contributed by atoms with E-state index in [4.69, 9.17) is 17.7 Å². The van der Waals surface area contributed by atoms with Gasteiger partial charge in [0.15, 0.2) is 16.6 Å². The number of carbonyl (C=O) groups is 2. The maximum atomic E-state index is 12.9. The second-order valence-electron chi connectivity index (χ2n) is 14.3. The van der Waals surface area contributed by atoms with Crippen LogP contribution in [0, 0.1) is 11.8 Å². The van der Waals surface area contributed by atoms with Crippen LogP contribution in [0.1, 0.15) is 76.3 Å². The lowest BCUT2D eigenvalue weighted by molar-refractivity contribution is -0.148. The molecule has 0 bridgehead atoms. The van der Waals surface area contributed by atoms with Crippen molar-refractivity contribution in [3.63, 3.8) is 0 Å². The molecule has 252 valence electrons. The van der Waals surface area contributed by atoms with Crippen LogP contribution in [0.25, 0.3) is 0 Å². The van der Waals surface area contributed by atoms with Crippen LogP contribution in [0.5, 0.6) is 0 Å². The molecule has 2 rings (SSSR count). The molecule has 0 N–H and O–H groups in total. The Morgan fingerprint density at radius 2 is 0.933 bits per heavy atom. The predicted molar refractivity (Wildman–Crippen MR) is 193 cm³/mol. The smallest absolute Gasteiger partial charge is 0.311 e. The molecule has 0 fully saturated rings. The summed E-state index contributed by atoms with van der Waals surface area (Å²) in [5, 5.41) is 0. The number of carbonyl (C=O) groups excluding carboxylic acids is 2. The van der Waals surface area contributed by atoms with Gasteiger partial charge in [0.1, 0.15) is 0 Å². The molecule has 0 saturated carbocycles. The van der Waals surface area contributed by atoms with Crippen LogP contribution in [0.2, 0.25) is 51.4 Å². The summed E-state index contributed by atoms with van der Waals surface area (Å²) in [5.74, 6) is -0.00256. The van der Waals surface area contributed by atoms with Crippen molar-refractivity contribution in [1.29, 1.82) is 0 Å². The molecule has 2 aromatic carbocycles. The largest absolute Gasteiger partial charge is 0.465 e. The Bertz CT molecular complexity index is 1070. The third-order valence-electron chi connectivity index (χ3n) is 8.39. The number of hydrogen-bond acceptors (Lipinski definition) is 6. The monoisotopic (exact) mass is 672 g/mol. The predicted octanol–water partition coefficient (Wildman–Crippen LogP) is 9.66. The molecule has 0 aromatic heterocycles. The van der Waals surface area contributed by atoms with E-state index in [0.29, 0.717) is 37.1 Å². The zero-order chi connectivity index (χ0) is 33.7. The summed E-state index contributed by atoms with van der Waals surface area (Å²) < 4.78 is 24.9. The van der Waals surface area contributed by atoms with Crippen LogP contribution in [0.3, 0.4) is 0 Å². The zero-order valence-corrected chi connectivity index (χ0v) is 32.7. The topological polar surface area (TPSA) is 71.1 Å². The van der Waals surface area contributed by atoms with Crippen molar-refractivity contribution in [1.82, 2.24) is 0 Å². The summed E-state index contributed by atoms with van der Waals surface area (Å²) in [4.78, 5) is 25.8. The van der Waals surface area contributed by atoms with Crippen LogP contribution in [-0.2, 0) is 27.3 Å². The first kappa shape index (κ1) is 39.1. The second kappa shape index (κ2) is 18.3. The molecular weight excluding hydrogens is 613 g/mol. The number of rotatable bonds is 20. The molecule has 0 aliphatic carbocycles. The fraction of sp³-hybridized carbons (Fsp3) is 0.611. The van der Waals surface area contributed by atoms with E-state index in [-0.39, 0.29) is 23.8 Å². The molecule has 4 atom stereocenters. The van der Waals surface area contributed by atoms with Gasteiger partial charge in [0.25, 0.3) is 0 Å². The Morgan fingerprint density at radius 3 is 1.24 bits per heavy atom. The Morgan fingerprint density at radius 1 is 0.600 bits per heavy atom. The third kappa shape index (κ3) is 14.5. The average Bonchev–Trinajstić information content (AvgIpc) is 2.96. The highest BCUT2D eigenvalue weighted by molar-refractivity contribution is 6.88. The van der Waals surface area contributed by atoms with Crippen molar-refractivity contribution in [2.24, 2.45) is 11.8 Å². The van der Waals surface area contributed by atoms with Crippen LogP contribution in [0.4, 0.5) is 0 Å². The highest BCUT2D eigenvalue weighted by atomic mass is 28.5. The first-order valence-corrected chi connectivity index (χ1v) is 26.0. The van der Waals surface area contributed by atoms with Crippen LogP contribution < -0.4 is 0 Å². The SMILES string of the molecule is CCC(CCOC(=O)C(C)C[Si](C)(C)O[Si](C)(C)O[Si](C)(C)CC(C)C(=O)OCCC(CC)c1ccccc1)c1ccccc1. The minimum atomic E-state index is -2.52. The van der Waals surface area contributed by atoms with E-state index >= 15 is 0 Å². The fourth-order valence-electron chi connectivity index (χ4n) is 6.63. The molecule has 6 nitrogen and oxygen atoms in total. The molecule has 0 heterocycles. The Hall–Kier alpha value is -2.05. The molecular formula is C36H60O6Si3. The number of hydrogen-bond donors (Lipinski definition) is 0. The van der Waals surface area contributed by atoms with E-state index in [1.807, 2.05) is 26.0 Å². The molecule has 0 radical (unpaired) electrons. The quantitative estimate of drug-likeness (QED) is 0.103. The van der Waals surface area contributed by atoms with Crippen molar-refractivity contribution in [3.8, 4) is 0 Å². The zero-order valence-electron chi connectivity index (χ0n) is 29.7. The van der Waals surface area contributed by atoms with E-state index in [1.165, 1.54) is 11.1 Å². The van der Waals surface area contributed by atoms with Crippen molar-refractivity contribution < 1.29 is 27.3 Å². The minimum Gasteiger partial charge on any atom is -0.465 e. The molecule has 0 aliphatic heterocycles. The molecule has 45 heavy (non-hydrogen) atoms. The van der Waals surface area contributed by atoms with E-state index in [1.54, 1.807) is 0 Å². The van der Waals surface area contributed by atoms with E-state index < -0.39 is 25.2 Å². The summed E-state index contributed by atoms with van der Waals surface area (Å²) in [7, 11) is -7.00. The molecule has 0 amide bonds. The van der Waals surface area contributed by atoms with Gasteiger partial charge in [-0.05, 0) is 100 Å². The Kier molecular flexibility index (Phi) is 15.9. The van der Waals surface area contributed by atoms with E-state index in [0.717, 1.165) is 25.7 Å². The van der Waals surface area contributed by atoms with Gasteiger partial charge in [-0.1, -0.05) is 88.4 Å². The maximum Gasteiger partial charge on any atom is 0.311 e. The van der Waals surface area contributed by atoms with Gasteiger partial charge >= 0.3 is 20.5 Å². The van der Waals surface area contributed by atoms with Gasteiger partial charge < -0.3 is 17.7 Å². The number of benzene rings is 2. The van der Waals surface area contributed by atoms with Gasteiger partial charge in [-0.25, -0.2) is 0 Å². The lowest BCUT2D eigenvalue weighted by atomic mass is 9.94. The minimum absolute atomic E-state index is 0.154. The molecule has 4 unspecified atom stereocenters. The summed E-state index contributed by atoms with van der Waals surface area (Å²) in [5.41, 5.74) is 2.58. The van der Waals surface area contributed by atoms with Gasteiger partial charge in [0.2, 0.25) is 0 Å². The van der Waals surface area contributed by atoms with Crippen molar-refractivity contribution in [2.45, 2.75) is 117 Å². The van der Waals surface area contributed by atoms with Crippen LogP contribution >= 0.6 is 0 Å². The van der Waals surface area contributed by atoms with Crippen molar-refractivity contribution in [2.75, 3.05) is 13.2 Å². The summed E-state index contributed by atoms with van der Waals surface area (Å²) in [6.07, 6.45) is 3.67.